The molecule has 2 aromatic carbocycles. The lowest BCUT2D eigenvalue weighted by Crippen LogP contribution is -2.41. The summed E-state index contributed by atoms with van der Waals surface area (Å²) in [6.45, 7) is 1.73. The summed E-state index contributed by atoms with van der Waals surface area (Å²) in [6, 6.07) is 14.0. The van der Waals surface area contributed by atoms with Crippen molar-refractivity contribution in [3.05, 3.63) is 108 Å². The minimum atomic E-state index is -0.302. The van der Waals surface area contributed by atoms with Crippen LogP contribution in [0.3, 0.4) is 0 Å². The predicted octanol–water partition coefficient (Wildman–Crippen LogP) is 4.95. The van der Waals surface area contributed by atoms with Crippen LogP contribution in [0, 0.1) is 0 Å². The van der Waals surface area contributed by atoms with Gasteiger partial charge in [0.2, 0.25) is 5.88 Å². The van der Waals surface area contributed by atoms with Gasteiger partial charge in [0.05, 0.1) is 11.4 Å². The lowest BCUT2D eigenvalue weighted by atomic mass is 10.0. The molecule has 1 heterocycles. The van der Waals surface area contributed by atoms with Gasteiger partial charge in [0, 0.05) is 18.7 Å². The van der Waals surface area contributed by atoms with Gasteiger partial charge in [-0.15, -0.1) is 0 Å². The van der Waals surface area contributed by atoms with Crippen molar-refractivity contribution in [3.63, 3.8) is 0 Å². The number of nitrogens with one attached hydrogen (secondary N) is 2. The SMILES string of the molecule is CN(C)CCCN(Cc1ccc(C(=O)Nc2ccccc2N)cc1)C(=O)NC1=COC=C(C2=CC=CCC2)O1. The largest absolute Gasteiger partial charge is 0.463 e. The maximum Gasteiger partial charge on any atom is 0.324 e. The number of benzene rings is 2. The molecule has 3 amide bonds. The van der Waals surface area contributed by atoms with Crippen LogP contribution in [-0.2, 0) is 16.0 Å². The van der Waals surface area contributed by atoms with Crippen LogP contribution in [0.15, 0.2) is 96.5 Å². The Morgan fingerprint density at radius 3 is 2.51 bits per heavy atom. The van der Waals surface area contributed by atoms with Crippen molar-refractivity contribution in [1.82, 2.24) is 15.1 Å². The van der Waals surface area contributed by atoms with E-state index in [0.29, 0.717) is 35.8 Å². The molecule has 0 aromatic heterocycles. The van der Waals surface area contributed by atoms with Gasteiger partial charge in [0.15, 0.2) is 12.0 Å². The van der Waals surface area contributed by atoms with Gasteiger partial charge >= 0.3 is 6.03 Å². The molecular formula is C30H35N5O4. The Kier molecular flexibility index (Phi) is 9.42. The summed E-state index contributed by atoms with van der Waals surface area (Å²) in [7, 11) is 4.00. The third kappa shape index (κ3) is 7.99. The van der Waals surface area contributed by atoms with Gasteiger partial charge in [0.25, 0.3) is 5.91 Å². The first-order chi connectivity index (χ1) is 18.9. The number of carbonyl (C=O) groups excluding carboxylic acids is 2. The molecule has 9 heteroatoms. The van der Waals surface area contributed by atoms with Gasteiger partial charge < -0.3 is 30.3 Å². The van der Waals surface area contributed by atoms with Crippen molar-refractivity contribution in [2.75, 3.05) is 38.2 Å². The van der Waals surface area contributed by atoms with Gasteiger partial charge in [-0.2, -0.15) is 0 Å². The lowest BCUT2D eigenvalue weighted by molar-refractivity contribution is 0.102. The van der Waals surface area contributed by atoms with Crippen molar-refractivity contribution in [3.8, 4) is 0 Å². The number of ether oxygens (including phenoxy) is 2. The smallest absolute Gasteiger partial charge is 0.324 e. The fourth-order valence-electron chi connectivity index (χ4n) is 4.13. The third-order valence-electron chi connectivity index (χ3n) is 6.25. The first-order valence-corrected chi connectivity index (χ1v) is 12.9. The van der Waals surface area contributed by atoms with E-state index in [1.54, 1.807) is 35.4 Å². The summed E-state index contributed by atoms with van der Waals surface area (Å²) in [5.41, 5.74) is 9.39. The molecule has 0 radical (unpaired) electrons. The molecule has 4 rings (SSSR count). The van der Waals surface area contributed by atoms with Crippen LogP contribution in [0.25, 0.3) is 0 Å². The third-order valence-corrected chi connectivity index (χ3v) is 6.25. The molecule has 2 aromatic rings. The predicted molar refractivity (Wildman–Crippen MR) is 152 cm³/mol. The van der Waals surface area contributed by atoms with Crippen LogP contribution in [0.4, 0.5) is 16.2 Å². The van der Waals surface area contributed by atoms with Crippen LogP contribution in [-0.4, -0.2) is 48.9 Å². The van der Waals surface area contributed by atoms with Gasteiger partial charge in [-0.1, -0.05) is 42.5 Å². The van der Waals surface area contributed by atoms with E-state index in [9.17, 15) is 9.59 Å². The Hall–Kier alpha value is -4.50. The van der Waals surface area contributed by atoms with Crippen molar-refractivity contribution in [1.29, 1.82) is 0 Å². The second-order valence-corrected chi connectivity index (χ2v) is 9.61. The van der Waals surface area contributed by atoms with Crippen molar-refractivity contribution < 1.29 is 19.1 Å². The second kappa shape index (κ2) is 13.3. The number of urea groups is 1. The highest BCUT2D eigenvalue weighted by atomic mass is 16.6. The maximum absolute atomic E-state index is 13.3. The molecule has 0 bridgehead atoms. The number of hydrogen-bond donors (Lipinski definition) is 3. The Morgan fingerprint density at radius 2 is 1.79 bits per heavy atom. The summed E-state index contributed by atoms with van der Waals surface area (Å²) >= 11 is 0. The minimum Gasteiger partial charge on any atom is -0.463 e. The molecule has 1 aliphatic heterocycles. The molecule has 4 N–H and O–H groups in total. The van der Waals surface area contributed by atoms with Gasteiger partial charge in [-0.25, -0.2) is 4.79 Å². The van der Waals surface area contributed by atoms with Crippen molar-refractivity contribution in [2.45, 2.75) is 25.8 Å². The van der Waals surface area contributed by atoms with E-state index < -0.39 is 0 Å². The highest BCUT2D eigenvalue weighted by Gasteiger charge is 2.20. The maximum atomic E-state index is 13.3. The van der Waals surface area contributed by atoms with Crippen LogP contribution in [0.2, 0.25) is 0 Å². The van der Waals surface area contributed by atoms with E-state index in [1.807, 2.05) is 50.5 Å². The highest BCUT2D eigenvalue weighted by Crippen LogP contribution is 2.25. The van der Waals surface area contributed by atoms with Crippen molar-refractivity contribution >= 4 is 23.3 Å². The number of carbonyl (C=O) groups is 2. The summed E-state index contributed by atoms with van der Waals surface area (Å²) in [4.78, 5) is 29.8. The second-order valence-electron chi connectivity index (χ2n) is 9.61. The molecule has 39 heavy (non-hydrogen) atoms. The van der Waals surface area contributed by atoms with Gasteiger partial charge in [-0.05, 0) is 75.3 Å². The Bertz CT molecular complexity index is 1290. The zero-order valence-electron chi connectivity index (χ0n) is 22.4. The van der Waals surface area contributed by atoms with Crippen LogP contribution < -0.4 is 16.4 Å². The molecule has 0 atom stereocenters. The van der Waals surface area contributed by atoms with Crippen LogP contribution in [0.5, 0.6) is 0 Å². The van der Waals surface area contributed by atoms with E-state index in [1.165, 1.54) is 6.26 Å². The molecule has 0 saturated heterocycles. The number of nitrogen functional groups attached to an aromatic ring is 1. The molecule has 0 saturated carbocycles. The van der Waals surface area contributed by atoms with Crippen LogP contribution >= 0.6 is 0 Å². The number of rotatable bonds is 10. The van der Waals surface area contributed by atoms with E-state index in [2.05, 4.69) is 21.6 Å². The number of amides is 3. The minimum absolute atomic E-state index is 0.234. The fourth-order valence-corrected chi connectivity index (χ4v) is 4.13. The van der Waals surface area contributed by atoms with Crippen molar-refractivity contribution in [2.24, 2.45) is 0 Å². The Balaban J connectivity index is 1.39. The molecule has 2 aliphatic rings. The normalized spacial score (nSPS) is 14.4. The molecule has 9 nitrogen and oxygen atoms in total. The number of allylic oxidation sites excluding steroid dienone is 4. The van der Waals surface area contributed by atoms with Gasteiger partial charge in [0.1, 0.15) is 6.26 Å². The Morgan fingerprint density at radius 1 is 1.00 bits per heavy atom. The monoisotopic (exact) mass is 529 g/mol. The zero-order chi connectivity index (χ0) is 27.6. The van der Waals surface area contributed by atoms with E-state index >= 15 is 0 Å². The average molecular weight is 530 g/mol. The number of nitrogens with zero attached hydrogens (tertiary/aromatic N) is 2. The molecule has 1 aliphatic carbocycles. The summed E-state index contributed by atoms with van der Waals surface area (Å²) in [5, 5.41) is 5.66. The topological polar surface area (TPSA) is 109 Å². The molecule has 0 spiro atoms. The molecule has 0 fully saturated rings. The first-order valence-electron chi connectivity index (χ1n) is 12.9. The number of para-hydroxylation sites is 2. The number of hydrogen-bond acceptors (Lipinski definition) is 6. The molecule has 204 valence electrons. The standard InChI is InChI=1S/C30H35N5O4/c1-34(2)17-8-18-35(30(37)33-28-21-38-20-27(39-28)23-9-4-3-5-10-23)19-22-13-15-24(16-14-22)29(36)32-26-12-7-6-11-25(26)31/h3-4,6-7,9,11-16,20-21H,5,8,10,17-19,31H2,1-2H3,(H,32,36)(H,33,37). The molecular weight excluding hydrogens is 494 g/mol. The summed E-state index contributed by atoms with van der Waals surface area (Å²) in [6.07, 6.45) is 11.5. The summed E-state index contributed by atoms with van der Waals surface area (Å²) < 4.78 is 11.4. The summed E-state index contributed by atoms with van der Waals surface area (Å²) in [5.74, 6) is 0.564. The van der Waals surface area contributed by atoms with E-state index in [-0.39, 0.29) is 17.8 Å². The average Bonchev–Trinajstić information content (AvgIpc) is 2.94. The highest BCUT2D eigenvalue weighted by molar-refractivity contribution is 6.05. The molecule has 0 unspecified atom stereocenters. The Labute approximate surface area is 229 Å². The fraction of sp³-hybridized carbons (Fsp3) is 0.267. The van der Waals surface area contributed by atoms with Gasteiger partial charge in [-0.3, -0.25) is 10.1 Å². The zero-order valence-corrected chi connectivity index (χ0v) is 22.4. The quantitative estimate of drug-likeness (QED) is 0.376. The first kappa shape index (κ1) is 27.5. The van der Waals surface area contributed by atoms with E-state index in [0.717, 1.165) is 36.9 Å². The number of nitrogens with two attached hydrogens (primary N) is 1. The van der Waals surface area contributed by atoms with Crippen LogP contribution in [0.1, 0.15) is 35.2 Å². The lowest BCUT2D eigenvalue weighted by Gasteiger charge is -2.26. The van der Waals surface area contributed by atoms with E-state index in [4.69, 9.17) is 15.2 Å². The number of anilines is 2.